The minimum atomic E-state index is -1.74. The number of carbonyl (C=O) groups is 3. The molecule has 0 spiro atoms. The second-order valence-corrected chi connectivity index (χ2v) is 5.50. The lowest BCUT2D eigenvalue weighted by Crippen LogP contribution is -2.53. The van der Waals surface area contributed by atoms with Crippen LogP contribution in [-0.2, 0) is 33.3 Å². The van der Waals surface area contributed by atoms with Gasteiger partial charge in [0.2, 0.25) is 5.60 Å². The topological polar surface area (TPSA) is 88.1 Å². The smallest absolute Gasteiger partial charge is 0.379 e. The summed E-state index contributed by atoms with van der Waals surface area (Å²) in [6, 6.07) is 0. The van der Waals surface area contributed by atoms with Crippen LogP contribution in [0.4, 0.5) is 0 Å². The molecule has 0 saturated carbocycles. The van der Waals surface area contributed by atoms with Crippen molar-refractivity contribution in [3.05, 3.63) is 12.7 Å². The second kappa shape index (κ2) is 5.23. The molecule has 0 N–H and O–H groups in total. The highest BCUT2D eigenvalue weighted by Gasteiger charge is 2.63. The van der Waals surface area contributed by atoms with E-state index in [9.17, 15) is 14.4 Å². The van der Waals surface area contributed by atoms with Crippen molar-refractivity contribution in [1.29, 1.82) is 0 Å². The van der Waals surface area contributed by atoms with Gasteiger partial charge in [0.25, 0.3) is 5.78 Å². The van der Waals surface area contributed by atoms with Crippen LogP contribution in [0.25, 0.3) is 0 Å². The van der Waals surface area contributed by atoms with E-state index < -0.39 is 41.3 Å². The van der Waals surface area contributed by atoms with Crippen molar-refractivity contribution in [3.8, 4) is 0 Å². The van der Waals surface area contributed by atoms with E-state index in [1.54, 1.807) is 13.8 Å². The third kappa shape index (κ3) is 2.71. The first-order valence-corrected chi connectivity index (χ1v) is 6.59. The molecule has 116 valence electrons. The van der Waals surface area contributed by atoms with Crippen molar-refractivity contribution >= 4 is 17.7 Å². The van der Waals surface area contributed by atoms with Gasteiger partial charge in [0.15, 0.2) is 11.9 Å². The van der Waals surface area contributed by atoms with E-state index in [4.69, 9.17) is 18.9 Å². The van der Waals surface area contributed by atoms with E-state index >= 15 is 0 Å². The van der Waals surface area contributed by atoms with Gasteiger partial charge in [-0.2, -0.15) is 0 Å². The SMILES string of the molecule is C=CC[C@]1(OC(C)=O)C(=O)C(=O)O[C@@H]1[C@@H]1COC(C)(C)O1. The van der Waals surface area contributed by atoms with Gasteiger partial charge in [-0.25, -0.2) is 4.79 Å². The van der Waals surface area contributed by atoms with E-state index in [0.29, 0.717) is 0 Å². The maximum atomic E-state index is 12.2. The van der Waals surface area contributed by atoms with Crippen molar-refractivity contribution in [2.75, 3.05) is 6.61 Å². The van der Waals surface area contributed by atoms with Crippen LogP contribution < -0.4 is 0 Å². The number of ether oxygens (including phenoxy) is 4. The molecule has 3 atom stereocenters. The number of hydrogen-bond acceptors (Lipinski definition) is 7. The van der Waals surface area contributed by atoms with E-state index in [-0.39, 0.29) is 13.0 Å². The number of rotatable bonds is 4. The zero-order chi connectivity index (χ0) is 15.8. The summed E-state index contributed by atoms with van der Waals surface area (Å²) in [6.07, 6.45) is -0.394. The fourth-order valence-corrected chi connectivity index (χ4v) is 2.63. The highest BCUT2D eigenvalue weighted by atomic mass is 16.8. The fourth-order valence-electron chi connectivity index (χ4n) is 2.63. The van der Waals surface area contributed by atoms with Gasteiger partial charge in [0.05, 0.1) is 6.61 Å². The van der Waals surface area contributed by atoms with Crippen molar-refractivity contribution < 1.29 is 33.3 Å². The molecule has 0 aliphatic carbocycles. The van der Waals surface area contributed by atoms with Crippen molar-refractivity contribution in [3.63, 3.8) is 0 Å². The first-order valence-electron chi connectivity index (χ1n) is 6.59. The Hall–Kier alpha value is -1.73. The molecular weight excluding hydrogens is 280 g/mol. The molecule has 0 amide bonds. The molecule has 0 aromatic rings. The van der Waals surface area contributed by atoms with E-state index in [1.807, 2.05) is 0 Å². The van der Waals surface area contributed by atoms with Gasteiger partial charge in [0.1, 0.15) is 6.10 Å². The number of Topliss-reactive ketones (excluding diaryl/α,β-unsaturated/α-hetero) is 1. The van der Waals surface area contributed by atoms with Crippen LogP contribution >= 0.6 is 0 Å². The van der Waals surface area contributed by atoms with Crippen LogP contribution in [0.15, 0.2) is 12.7 Å². The van der Waals surface area contributed by atoms with Gasteiger partial charge in [0, 0.05) is 13.3 Å². The molecule has 7 nitrogen and oxygen atoms in total. The molecule has 2 fully saturated rings. The minimum Gasteiger partial charge on any atom is -0.449 e. The summed E-state index contributed by atoms with van der Waals surface area (Å²) < 4.78 is 21.3. The molecule has 0 aromatic carbocycles. The maximum Gasteiger partial charge on any atom is 0.379 e. The van der Waals surface area contributed by atoms with Crippen LogP contribution in [0.3, 0.4) is 0 Å². The standard InChI is InChI=1S/C14H18O7/c1-5-6-14(20-8(2)15)10(16)12(17)19-11(14)9-7-18-13(3,4)21-9/h5,9,11H,1,6-7H2,2-4H3/t9-,11+,14-/m0/s1. The van der Waals surface area contributed by atoms with Gasteiger partial charge in [-0.1, -0.05) is 6.08 Å². The Morgan fingerprint density at radius 3 is 2.62 bits per heavy atom. The number of carbonyl (C=O) groups excluding carboxylic acids is 3. The summed E-state index contributed by atoms with van der Waals surface area (Å²) in [5.41, 5.74) is -1.74. The molecule has 2 saturated heterocycles. The minimum absolute atomic E-state index is 0.0396. The number of ketones is 1. The average molecular weight is 298 g/mol. The van der Waals surface area contributed by atoms with E-state index in [2.05, 4.69) is 6.58 Å². The molecule has 2 heterocycles. The van der Waals surface area contributed by atoms with E-state index in [1.165, 1.54) is 6.08 Å². The molecule has 0 radical (unpaired) electrons. The van der Waals surface area contributed by atoms with Crippen molar-refractivity contribution in [2.24, 2.45) is 0 Å². The lowest BCUT2D eigenvalue weighted by molar-refractivity contribution is -0.187. The zero-order valence-corrected chi connectivity index (χ0v) is 12.2. The van der Waals surface area contributed by atoms with Crippen LogP contribution in [0, 0.1) is 0 Å². The van der Waals surface area contributed by atoms with Crippen molar-refractivity contribution in [2.45, 2.75) is 50.8 Å². The predicted molar refractivity (Wildman–Crippen MR) is 69.1 cm³/mol. The lowest BCUT2D eigenvalue weighted by Gasteiger charge is -2.32. The summed E-state index contributed by atoms with van der Waals surface area (Å²) in [7, 11) is 0. The molecule has 21 heavy (non-hydrogen) atoms. The van der Waals surface area contributed by atoms with Gasteiger partial charge < -0.3 is 18.9 Å². The summed E-state index contributed by atoms with van der Waals surface area (Å²) >= 11 is 0. The average Bonchev–Trinajstić information content (AvgIpc) is 2.83. The third-order valence-corrected chi connectivity index (χ3v) is 3.40. The molecule has 0 bridgehead atoms. The maximum absolute atomic E-state index is 12.2. The Morgan fingerprint density at radius 2 is 2.14 bits per heavy atom. The number of hydrogen-bond donors (Lipinski definition) is 0. The van der Waals surface area contributed by atoms with Crippen LogP contribution in [0.1, 0.15) is 27.2 Å². The lowest BCUT2D eigenvalue weighted by atomic mass is 9.87. The summed E-state index contributed by atoms with van der Waals surface area (Å²) in [4.78, 5) is 35.2. The molecule has 0 aromatic heterocycles. The highest BCUT2D eigenvalue weighted by molar-refractivity contribution is 6.39. The van der Waals surface area contributed by atoms with Crippen LogP contribution in [0.2, 0.25) is 0 Å². The Morgan fingerprint density at radius 1 is 1.48 bits per heavy atom. The van der Waals surface area contributed by atoms with Gasteiger partial charge in [-0.05, 0) is 13.8 Å². The van der Waals surface area contributed by atoms with Gasteiger partial charge in [-0.3, -0.25) is 9.59 Å². The third-order valence-electron chi connectivity index (χ3n) is 3.40. The molecular formula is C14H18O7. The number of esters is 2. The monoisotopic (exact) mass is 298 g/mol. The summed E-state index contributed by atoms with van der Waals surface area (Å²) in [5, 5.41) is 0. The van der Waals surface area contributed by atoms with Gasteiger partial charge in [-0.15, -0.1) is 6.58 Å². The normalized spacial score (nSPS) is 34.6. The molecule has 7 heteroatoms. The summed E-state index contributed by atoms with van der Waals surface area (Å²) in [6.45, 7) is 8.23. The quantitative estimate of drug-likeness (QED) is 0.424. The zero-order valence-electron chi connectivity index (χ0n) is 12.2. The largest absolute Gasteiger partial charge is 0.449 e. The first-order chi connectivity index (χ1) is 9.72. The number of cyclic esters (lactones) is 1. The molecule has 0 unspecified atom stereocenters. The Balaban J connectivity index is 2.36. The molecule has 2 aliphatic rings. The molecule has 2 rings (SSSR count). The Bertz CT molecular complexity index is 496. The first kappa shape index (κ1) is 15.7. The molecule has 2 aliphatic heterocycles. The van der Waals surface area contributed by atoms with Crippen molar-refractivity contribution in [1.82, 2.24) is 0 Å². The predicted octanol–water partition coefficient (Wildman–Crippen LogP) is 0.510. The summed E-state index contributed by atoms with van der Waals surface area (Å²) in [5.74, 6) is -3.50. The highest BCUT2D eigenvalue weighted by Crippen LogP contribution is 2.38. The van der Waals surface area contributed by atoms with E-state index in [0.717, 1.165) is 6.92 Å². The van der Waals surface area contributed by atoms with Gasteiger partial charge >= 0.3 is 11.9 Å². The Labute approximate surface area is 122 Å². The van der Waals surface area contributed by atoms with Crippen LogP contribution in [0.5, 0.6) is 0 Å². The fraction of sp³-hybridized carbons (Fsp3) is 0.643. The van der Waals surface area contributed by atoms with Crippen LogP contribution in [-0.4, -0.2) is 47.9 Å². The Kier molecular flexibility index (Phi) is 3.90. The second-order valence-electron chi connectivity index (χ2n) is 5.50.